The van der Waals surface area contributed by atoms with Crippen molar-refractivity contribution in [2.75, 3.05) is 19.6 Å². The van der Waals surface area contributed by atoms with Gasteiger partial charge in [-0.25, -0.2) is 0 Å². The van der Waals surface area contributed by atoms with Crippen LogP contribution in [0, 0.1) is 5.92 Å². The average molecular weight is 360 g/mol. The third kappa shape index (κ3) is 4.73. The molecule has 1 aromatic carbocycles. The molecule has 1 aliphatic heterocycles. The molecule has 1 fully saturated rings. The molecule has 1 saturated heterocycles. The van der Waals surface area contributed by atoms with E-state index >= 15 is 0 Å². The van der Waals surface area contributed by atoms with Crippen LogP contribution in [-0.2, 0) is 6.54 Å². The summed E-state index contributed by atoms with van der Waals surface area (Å²) in [4.78, 5) is 2.55. The van der Waals surface area contributed by atoms with Crippen LogP contribution >= 0.6 is 27.5 Å². The molecule has 0 bridgehead atoms. The van der Waals surface area contributed by atoms with E-state index in [1.54, 1.807) is 0 Å². The molecular formula is C16H24BrClN2. The first kappa shape index (κ1) is 16.3. The summed E-state index contributed by atoms with van der Waals surface area (Å²) in [5.41, 5.74) is 1.27. The smallest absolute Gasteiger partial charge is 0.0410 e. The lowest BCUT2D eigenvalue weighted by Gasteiger charge is -2.33. The Morgan fingerprint density at radius 2 is 2.25 bits per heavy atom. The Morgan fingerprint density at radius 1 is 1.45 bits per heavy atom. The Morgan fingerprint density at radius 3 is 2.90 bits per heavy atom. The topological polar surface area (TPSA) is 15.3 Å². The number of hydrogen-bond acceptors (Lipinski definition) is 2. The summed E-state index contributed by atoms with van der Waals surface area (Å²) >= 11 is 9.76. The third-order valence-electron chi connectivity index (χ3n) is 4.00. The van der Waals surface area contributed by atoms with Gasteiger partial charge in [-0.05, 0) is 69.5 Å². The summed E-state index contributed by atoms with van der Waals surface area (Å²) in [6.45, 7) is 8.99. The highest BCUT2D eigenvalue weighted by Crippen LogP contribution is 2.24. The minimum Gasteiger partial charge on any atom is -0.316 e. The van der Waals surface area contributed by atoms with Gasteiger partial charge < -0.3 is 5.32 Å². The molecule has 2 nitrogen and oxygen atoms in total. The van der Waals surface area contributed by atoms with Crippen molar-refractivity contribution in [2.24, 2.45) is 5.92 Å². The number of halogens is 2. The molecule has 0 amide bonds. The summed E-state index contributed by atoms with van der Waals surface area (Å²) in [6.07, 6.45) is 2.64. The van der Waals surface area contributed by atoms with Crippen LogP contribution in [0.1, 0.15) is 32.3 Å². The van der Waals surface area contributed by atoms with E-state index in [1.807, 2.05) is 12.1 Å². The highest BCUT2D eigenvalue weighted by molar-refractivity contribution is 9.10. The first-order valence-electron chi connectivity index (χ1n) is 7.45. The molecule has 0 aromatic heterocycles. The molecule has 2 rings (SSSR count). The van der Waals surface area contributed by atoms with E-state index in [-0.39, 0.29) is 0 Å². The highest BCUT2D eigenvalue weighted by Gasteiger charge is 2.19. The Kier molecular flexibility index (Phi) is 6.34. The minimum absolute atomic E-state index is 0.544. The summed E-state index contributed by atoms with van der Waals surface area (Å²) in [5, 5.41) is 4.32. The minimum atomic E-state index is 0.544. The van der Waals surface area contributed by atoms with Crippen molar-refractivity contribution in [3.63, 3.8) is 0 Å². The lowest BCUT2D eigenvalue weighted by molar-refractivity contribution is 0.163. The van der Waals surface area contributed by atoms with Crippen LogP contribution in [0.3, 0.4) is 0 Å². The number of nitrogens with one attached hydrogen (secondary N) is 1. The van der Waals surface area contributed by atoms with Crippen LogP contribution in [0.5, 0.6) is 0 Å². The van der Waals surface area contributed by atoms with Crippen LogP contribution in [0.2, 0.25) is 5.02 Å². The van der Waals surface area contributed by atoms with Crippen molar-refractivity contribution in [2.45, 2.75) is 39.3 Å². The lowest BCUT2D eigenvalue weighted by Crippen LogP contribution is -2.40. The van der Waals surface area contributed by atoms with Crippen molar-refractivity contribution in [3.05, 3.63) is 33.3 Å². The molecule has 1 aromatic rings. The fourth-order valence-electron chi connectivity index (χ4n) is 2.75. The first-order valence-corrected chi connectivity index (χ1v) is 8.62. The summed E-state index contributed by atoms with van der Waals surface area (Å²) in [5.74, 6) is 0.768. The van der Waals surface area contributed by atoms with E-state index in [1.165, 1.54) is 24.9 Å². The van der Waals surface area contributed by atoms with Crippen LogP contribution in [-0.4, -0.2) is 30.6 Å². The largest absolute Gasteiger partial charge is 0.316 e. The Balaban J connectivity index is 2.02. The molecule has 1 heterocycles. The zero-order valence-electron chi connectivity index (χ0n) is 12.3. The van der Waals surface area contributed by atoms with E-state index in [9.17, 15) is 0 Å². The van der Waals surface area contributed by atoms with Crippen LogP contribution < -0.4 is 5.32 Å². The lowest BCUT2D eigenvalue weighted by atomic mass is 9.98. The van der Waals surface area contributed by atoms with Crippen molar-refractivity contribution >= 4 is 27.5 Å². The van der Waals surface area contributed by atoms with Gasteiger partial charge in [-0.15, -0.1) is 0 Å². The zero-order valence-corrected chi connectivity index (χ0v) is 14.7. The highest BCUT2D eigenvalue weighted by atomic mass is 79.9. The standard InChI is InChI=1S/C16H24BrClN2/c1-12(2)20(10-13-4-3-7-19-9-13)11-14-8-15(18)5-6-16(14)17/h5-6,8,12-13,19H,3-4,7,9-11H2,1-2H3. The van der Waals surface area contributed by atoms with Gasteiger partial charge in [0.1, 0.15) is 0 Å². The maximum absolute atomic E-state index is 6.12. The number of rotatable bonds is 5. The fraction of sp³-hybridized carbons (Fsp3) is 0.625. The van der Waals surface area contributed by atoms with E-state index in [0.29, 0.717) is 6.04 Å². The molecule has 1 unspecified atom stereocenters. The number of benzene rings is 1. The van der Waals surface area contributed by atoms with Crippen LogP contribution in [0.25, 0.3) is 0 Å². The fourth-order valence-corrected chi connectivity index (χ4v) is 3.32. The Hall–Kier alpha value is -0.0900. The van der Waals surface area contributed by atoms with Gasteiger partial charge in [0, 0.05) is 28.6 Å². The molecule has 112 valence electrons. The van der Waals surface area contributed by atoms with Gasteiger partial charge in [-0.3, -0.25) is 4.90 Å². The van der Waals surface area contributed by atoms with Crippen molar-refractivity contribution < 1.29 is 0 Å². The van der Waals surface area contributed by atoms with Crippen molar-refractivity contribution in [1.29, 1.82) is 0 Å². The van der Waals surface area contributed by atoms with Gasteiger partial charge in [-0.1, -0.05) is 27.5 Å². The van der Waals surface area contributed by atoms with Gasteiger partial charge in [-0.2, -0.15) is 0 Å². The van der Waals surface area contributed by atoms with Crippen molar-refractivity contribution in [3.8, 4) is 0 Å². The van der Waals surface area contributed by atoms with Crippen LogP contribution in [0.15, 0.2) is 22.7 Å². The van der Waals surface area contributed by atoms with E-state index in [2.05, 4.69) is 46.1 Å². The van der Waals surface area contributed by atoms with E-state index in [4.69, 9.17) is 11.6 Å². The van der Waals surface area contributed by atoms with Crippen LogP contribution in [0.4, 0.5) is 0 Å². The third-order valence-corrected chi connectivity index (χ3v) is 5.01. The molecular weight excluding hydrogens is 336 g/mol. The molecule has 20 heavy (non-hydrogen) atoms. The Labute approximate surface area is 136 Å². The monoisotopic (exact) mass is 358 g/mol. The van der Waals surface area contributed by atoms with Gasteiger partial charge in [0.2, 0.25) is 0 Å². The van der Waals surface area contributed by atoms with Gasteiger partial charge >= 0.3 is 0 Å². The molecule has 0 saturated carbocycles. The predicted molar refractivity (Wildman–Crippen MR) is 90.3 cm³/mol. The second-order valence-electron chi connectivity index (χ2n) is 5.97. The maximum atomic E-state index is 6.12. The summed E-state index contributed by atoms with van der Waals surface area (Å²) in [7, 11) is 0. The van der Waals surface area contributed by atoms with Crippen molar-refractivity contribution in [1.82, 2.24) is 10.2 Å². The van der Waals surface area contributed by atoms with Gasteiger partial charge in [0.25, 0.3) is 0 Å². The molecule has 0 spiro atoms. The van der Waals surface area contributed by atoms with Gasteiger partial charge in [0.15, 0.2) is 0 Å². The molecule has 0 radical (unpaired) electrons. The summed E-state index contributed by atoms with van der Waals surface area (Å²) in [6, 6.07) is 6.58. The molecule has 1 atom stereocenters. The molecule has 1 N–H and O–H groups in total. The SMILES string of the molecule is CC(C)N(Cc1cc(Cl)ccc1Br)CC1CCCNC1. The number of piperidine rings is 1. The average Bonchev–Trinajstić information content (AvgIpc) is 2.43. The zero-order chi connectivity index (χ0) is 14.5. The summed E-state index contributed by atoms with van der Waals surface area (Å²) < 4.78 is 1.15. The molecule has 1 aliphatic rings. The second kappa shape index (κ2) is 7.79. The van der Waals surface area contributed by atoms with E-state index < -0.39 is 0 Å². The molecule has 4 heteroatoms. The predicted octanol–water partition coefficient (Wildman–Crippen LogP) is 4.31. The Bertz CT molecular complexity index is 430. The first-order chi connectivity index (χ1) is 9.56. The normalized spacial score (nSPS) is 19.8. The number of hydrogen-bond donors (Lipinski definition) is 1. The maximum Gasteiger partial charge on any atom is 0.0410 e. The number of nitrogens with zero attached hydrogens (tertiary/aromatic N) is 1. The van der Waals surface area contributed by atoms with Gasteiger partial charge in [0.05, 0.1) is 0 Å². The van der Waals surface area contributed by atoms with E-state index in [0.717, 1.165) is 35.0 Å². The second-order valence-corrected chi connectivity index (χ2v) is 7.26. The molecule has 0 aliphatic carbocycles. The quantitative estimate of drug-likeness (QED) is 0.842.